The summed E-state index contributed by atoms with van der Waals surface area (Å²) in [5.41, 5.74) is 2.72. The number of carboxylic acids is 1. The van der Waals surface area contributed by atoms with Crippen molar-refractivity contribution >= 4 is 40.9 Å². The van der Waals surface area contributed by atoms with Crippen LogP contribution in [0.2, 0.25) is 0 Å². The number of nitrogens with one attached hydrogen (secondary N) is 1. The number of carboxylic acid groups (broad SMARTS) is 1. The minimum atomic E-state index is -0.929. The van der Waals surface area contributed by atoms with Crippen molar-refractivity contribution in [2.45, 2.75) is 25.7 Å². The van der Waals surface area contributed by atoms with Crippen molar-refractivity contribution in [1.82, 2.24) is 0 Å². The Hall–Kier alpha value is -2.02. The summed E-state index contributed by atoms with van der Waals surface area (Å²) in [5, 5.41) is 11.4. The van der Waals surface area contributed by atoms with Gasteiger partial charge in [0.1, 0.15) is 0 Å². The summed E-state index contributed by atoms with van der Waals surface area (Å²) in [6.07, 6.45) is 3.58. The third-order valence-corrected chi connectivity index (χ3v) is 5.08. The van der Waals surface area contributed by atoms with Gasteiger partial charge in [-0.25, -0.2) is 0 Å². The van der Waals surface area contributed by atoms with Crippen LogP contribution in [0, 0.1) is 5.92 Å². The van der Waals surface area contributed by atoms with E-state index in [2.05, 4.69) is 5.32 Å². The van der Waals surface area contributed by atoms with Crippen molar-refractivity contribution in [3.63, 3.8) is 0 Å². The lowest BCUT2D eigenvalue weighted by Crippen LogP contribution is -2.36. The number of hydrogen-bond donors (Lipinski definition) is 2. The van der Waals surface area contributed by atoms with Crippen LogP contribution in [0.1, 0.15) is 24.8 Å². The van der Waals surface area contributed by atoms with Crippen LogP contribution in [0.4, 0.5) is 11.4 Å². The van der Waals surface area contributed by atoms with E-state index in [1.807, 2.05) is 17.0 Å². The van der Waals surface area contributed by atoms with Crippen LogP contribution >= 0.6 is 11.8 Å². The van der Waals surface area contributed by atoms with Crippen LogP contribution in [0.3, 0.4) is 0 Å². The number of fused-ring (bicyclic) bond motifs is 1. The molecule has 2 amide bonds. The molecule has 0 radical (unpaired) electrons. The minimum Gasteiger partial charge on any atom is -0.481 e. The lowest BCUT2D eigenvalue weighted by atomic mass is 10.00. The van der Waals surface area contributed by atoms with Crippen LogP contribution in [0.15, 0.2) is 18.2 Å². The number of anilines is 2. The zero-order chi connectivity index (χ0) is 17.1. The maximum absolute atomic E-state index is 12.2. The molecule has 0 aromatic heterocycles. The lowest BCUT2D eigenvalue weighted by Gasteiger charge is -2.30. The molecule has 24 heavy (non-hydrogen) atoms. The Kier molecular flexibility index (Phi) is 5.08. The van der Waals surface area contributed by atoms with Crippen LogP contribution in [-0.2, 0) is 20.8 Å². The summed E-state index contributed by atoms with van der Waals surface area (Å²) in [5.74, 6) is -0.322. The van der Waals surface area contributed by atoms with Gasteiger partial charge in [0, 0.05) is 24.3 Å². The predicted molar refractivity (Wildman–Crippen MR) is 93.4 cm³/mol. The number of carbonyl (C=O) groups is 3. The van der Waals surface area contributed by atoms with Crippen molar-refractivity contribution in [3.05, 3.63) is 23.8 Å². The second-order valence-electron chi connectivity index (χ2n) is 6.23. The Balaban J connectivity index is 1.64. The molecule has 0 atom stereocenters. The molecule has 2 N–H and O–H groups in total. The SMILES string of the molecule is O=C(O)CSCC(=O)Nc1ccc2c(c1)CCC(=O)N2CC1CC1. The molecule has 3 rings (SSSR count). The number of thioether (sulfide) groups is 1. The number of carbonyl (C=O) groups excluding carboxylic acids is 2. The quantitative estimate of drug-likeness (QED) is 0.788. The first-order chi connectivity index (χ1) is 11.5. The van der Waals surface area contributed by atoms with E-state index in [0.29, 0.717) is 24.4 Å². The monoisotopic (exact) mass is 348 g/mol. The van der Waals surface area contributed by atoms with Gasteiger partial charge in [0.25, 0.3) is 0 Å². The fraction of sp³-hybridized carbons (Fsp3) is 0.471. The highest BCUT2D eigenvalue weighted by Gasteiger charge is 2.30. The van der Waals surface area contributed by atoms with E-state index in [4.69, 9.17) is 5.11 Å². The van der Waals surface area contributed by atoms with E-state index in [9.17, 15) is 14.4 Å². The molecule has 7 heteroatoms. The molecule has 0 unspecified atom stereocenters. The largest absolute Gasteiger partial charge is 0.481 e. The molecule has 0 spiro atoms. The zero-order valence-electron chi connectivity index (χ0n) is 13.3. The number of nitrogens with zero attached hydrogens (tertiary/aromatic N) is 1. The maximum Gasteiger partial charge on any atom is 0.313 e. The van der Waals surface area contributed by atoms with E-state index in [-0.39, 0.29) is 23.3 Å². The molecule has 6 nitrogen and oxygen atoms in total. The summed E-state index contributed by atoms with van der Waals surface area (Å²) >= 11 is 1.07. The number of rotatable bonds is 7. The molecule has 1 heterocycles. The molecule has 0 bridgehead atoms. The second kappa shape index (κ2) is 7.25. The first-order valence-electron chi connectivity index (χ1n) is 8.05. The molecule has 1 aliphatic heterocycles. The van der Waals surface area contributed by atoms with Crippen LogP contribution in [0.25, 0.3) is 0 Å². The average molecular weight is 348 g/mol. The Morgan fingerprint density at radius 3 is 2.75 bits per heavy atom. The van der Waals surface area contributed by atoms with Crippen molar-refractivity contribution in [3.8, 4) is 0 Å². The van der Waals surface area contributed by atoms with E-state index in [1.54, 1.807) is 6.07 Å². The molecule has 1 aromatic rings. The van der Waals surface area contributed by atoms with Crippen molar-refractivity contribution in [2.24, 2.45) is 5.92 Å². The Morgan fingerprint density at radius 2 is 2.04 bits per heavy atom. The number of amides is 2. The van der Waals surface area contributed by atoms with E-state index < -0.39 is 5.97 Å². The molecule has 2 aliphatic rings. The third-order valence-electron chi connectivity index (χ3n) is 4.16. The molecule has 128 valence electrons. The summed E-state index contributed by atoms with van der Waals surface area (Å²) in [6.45, 7) is 0.795. The van der Waals surface area contributed by atoms with Gasteiger partial charge in [0.05, 0.1) is 11.5 Å². The zero-order valence-corrected chi connectivity index (χ0v) is 14.1. The van der Waals surface area contributed by atoms with Crippen molar-refractivity contribution < 1.29 is 19.5 Å². The number of aliphatic carboxylic acids is 1. The van der Waals surface area contributed by atoms with E-state index in [1.165, 1.54) is 12.8 Å². The highest BCUT2D eigenvalue weighted by atomic mass is 32.2. The normalized spacial score (nSPS) is 16.7. The smallest absolute Gasteiger partial charge is 0.313 e. The van der Waals surface area contributed by atoms with Gasteiger partial charge >= 0.3 is 5.97 Å². The van der Waals surface area contributed by atoms with E-state index in [0.717, 1.165) is 29.6 Å². The first-order valence-corrected chi connectivity index (χ1v) is 9.21. The topological polar surface area (TPSA) is 86.7 Å². The van der Waals surface area contributed by atoms with Crippen molar-refractivity contribution in [1.29, 1.82) is 0 Å². The summed E-state index contributed by atoms with van der Waals surface area (Å²) in [7, 11) is 0. The first kappa shape index (κ1) is 16.8. The molecule has 0 saturated heterocycles. The van der Waals surface area contributed by atoms with E-state index >= 15 is 0 Å². The van der Waals surface area contributed by atoms with Gasteiger partial charge in [-0.3, -0.25) is 14.4 Å². The summed E-state index contributed by atoms with van der Waals surface area (Å²) < 4.78 is 0. The van der Waals surface area contributed by atoms with Gasteiger partial charge < -0.3 is 15.3 Å². The van der Waals surface area contributed by atoms with Gasteiger partial charge in [-0.1, -0.05) is 0 Å². The fourth-order valence-electron chi connectivity index (χ4n) is 2.82. The van der Waals surface area contributed by atoms with Gasteiger partial charge in [0.15, 0.2) is 0 Å². The Labute approximate surface area is 144 Å². The van der Waals surface area contributed by atoms with Crippen molar-refractivity contribution in [2.75, 3.05) is 28.3 Å². The van der Waals surface area contributed by atoms with Gasteiger partial charge in [-0.2, -0.15) is 0 Å². The standard InChI is InChI=1S/C17H20N2O4S/c20-15(9-24-10-17(22)23)18-13-4-5-14-12(7-13)3-6-16(21)19(14)8-11-1-2-11/h4-5,7,11H,1-3,6,8-10H2,(H,18,20)(H,22,23). The molecule has 1 aliphatic carbocycles. The molecule has 1 fully saturated rings. The van der Waals surface area contributed by atoms with Crippen LogP contribution < -0.4 is 10.2 Å². The van der Waals surface area contributed by atoms with Gasteiger partial charge in [0.2, 0.25) is 11.8 Å². The van der Waals surface area contributed by atoms with Crippen LogP contribution in [0.5, 0.6) is 0 Å². The highest BCUT2D eigenvalue weighted by molar-refractivity contribution is 8.00. The molecule has 1 aromatic carbocycles. The number of aryl methyl sites for hydroxylation is 1. The van der Waals surface area contributed by atoms with Gasteiger partial charge in [-0.05, 0) is 48.9 Å². The Bertz CT molecular complexity index is 673. The molecule has 1 saturated carbocycles. The number of benzene rings is 1. The number of hydrogen-bond acceptors (Lipinski definition) is 4. The van der Waals surface area contributed by atoms with Gasteiger partial charge in [-0.15, -0.1) is 11.8 Å². The fourth-order valence-corrected chi connectivity index (χ4v) is 3.36. The molecular formula is C17H20N2O4S. The molecular weight excluding hydrogens is 328 g/mol. The van der Waals surface area contributed by atoms with Crippen LogP contribution in [-0.4, -0.2) is 40.9 Å². The third kappa shape index (κ3) is 4.29. The second-order valence-corrected chi connectivity index (χ2v) is 7.21. The lowest BCUT2D eigenvalue weighted by molar-refractivity contribution is -0.133. The summed E-state index contributed by atoms with van der Waals surface area (Å²) in [6, 6.07) is 5.62. The minimum absolute atomic E-state index is 0.0875. The highest BCUT2D eigenvalue weighted by Crippen LogP contribution is 2.36. The average Bonchev–Trinajstić information content (AvgIpc) is 3.34. The Morgan fingerprint density at radius 1 is 1.25 bits per heavy atom. The maximum atomic E-state index is 12.2. The summed E-state index contributed by atoms with van der Waals surface area (Å²) in [4.78, 5) is 36.3. The predicted octanol–water partition coefficient (Wildman–Crippen LogP) is 2.13.